The smallest absolute Gasteiger partial charge is 0.130 e. The van der Waals surface area contributed by atoms with E-state index >= 15 is 0 Å². The average molecular weight is 214 g/mol. The molecule has 2 rings (SSSR count). The molecule has 0 saturated heterocycles. The summed E-state index contributed by atoms with van der Waals surface area (Å²) in [5, 5.41) is 9.30. The predicted molar refractivity (Wildman–Crippen MR) is 64.1 cm³/mol. The Bertz CT molecular complexity index is 504. The van der Waals surface area contributed by atoms with Gasteiger partial charge in [0.05, 0.1) is 0 Å². The van der Waals surface area contributed by atoms with Crippen molar-refractivity contribution in [2.24, 2.45) is 0 Å². The first kappa shape index (κ1) is 10.6. The van der Waals surface area contributed by atoms with Crippen molar-refractivity contribution in [1.82, 2.24) is 0 Å². The number of phenols is 1. The SMILES string of the molecule is Cc1ccccc1Oc1ccc(O)cc1C. The van der Waals surface area contributed by atoms with Crippen molar-refractivity contribution in [2.45, 2.75) is 13.8 Å². The summed E-state index contributed by atoms with van der Waals surface area (Å²) in [5.74, 6) is 1.87. The molecule has 2 heteroatoms. The largest absolute Gasteiger partial charge is 0.508 e. The zero-order chi connectivity index (χ0) is 11.5. The third kappa shape index (κ3) is 2.16. The second-order valence-electron chi connectivity index (χ2n) is 3.82. The maximum absolute atomic E-state index is 9.30. The maximum atomic E-state index is 9.30. The summed E-state index contributed by atoms with van der Waals surface area (Å²) in [4.78, 5) is 0. The molecule has 0 atom stereocenters. The van der Waals surface area contributed by atoms with Gasteiger partial charge in [-0.25, -0.2) is 0 Å². The van der Waals surface area contributed by atoms with E-state index in [4.69, 9.17) is 4.74 Å². The van der Waals surface area contributed by atoms with Crippen molar-refractivity contribution < 1.29 is 9.84 Å². The maximum Gasteiger partial charge on any atom is 0.130 e. The summed E-state index contributed by atoms with van der Waals surface area (Å²) in [6, 6.07) is 12.9. The van der Waals surface area contributed by atoms with E-state index in [0.717, 1.165) is 22.6 Å². The van der Waals surface area contributed by atoms with E-state index in [9.17, 15) is 5.11 Å². The van der Waals surface area contributed by atoms with Crippen LogP contribution in [-0.4, -0.2) is 5.11 Å². The highest BCUT2D eigenvalue weighted by Gasteiger charge is 2.03. The lowest BCUT2D eigenvalue weighted by Gasteiger charge is -2.10. The van der Waals surface area contributed by atoms with E-state index in [1.54, 1.807) is 18.2 Å². The van der Waals surface area contributed by atoms with Crippen molar-refractivity contribution >= 4 is 0 Å². The van der Waals surface area contributed by atoms with Gasteiger partial charge in [0.25, 0.3) is 0 Å². The monoisotopic (exact) mass is 214 g/mol. The molecule has 2 aromatic carbocycles. The van der Waals surface area contributed by atoms with Crippen LogP contribution in [0, 0.1) is 13.8 Å². The van der Waals surface area contributed by atoms with Crippen LogP contribution in [0.15, 0.2) is 42.5 Å². The van der Waals surface area contributed by atoms with Gasteiger partial charge in [0.2, 0.25) is 0 Å². The van der Waals surface area contributed by atoms with Crippen molar-refractivity contribution in [1.29, 1.82) is 0 Å². The zero-order valence-electron chi connectivity index (χ0n) is 9.40. The molecule has 2 nitrogen and oxygen atoms in total. The molecule has 0 aliphatic rings. The Labute approximate surface area is 95.1 Å². The highest BCUT2D eigenvalue weighted by atomic mass is 16.5. The number of benzene rings is 2. The number of aromatic hydroxyl groups is 1. The summed E-state index contributed by atoms with van der Waals surface area (Å²) in [7, 11) is 0. The van der Waals surface area contributed by atoms with Gasteiger partial charge >= 0.3 is 0 Å². The van der Waals surface area contributed by atoms with Crippen molar-refractivity contribution in [3.05, 3.63) is 53.6 Å². The van der Waals surface area contributed by atoms with Crippen LogP contribution >= 0.6 is 0 Å². The Balaban J connectivity index is 2.31. The van der Waals surface area contributed by atoms with Gasteiger partial charge in [-0.2, -0.15) is 0 Å². The molecule has 0 unspecified atom stereocenters. The van der Waals surface area contributed by atoms with Gasteiger partial charge in [-0.3, -0.25) is 0 Å². The normalized spacial score (nSPS) is 10.1. The van der Waals surface area contributed by atoms with Gasteiger partial charge in [-0.05, 0) is 49.2 Å². The van der Waals surface area contributed by atoms with Gasteiger partial charge < -0.3 is 9.84 Å². The predicted octanol–water partition coefficient (Wildman–Crippen LogP) is 3.80. The fourth-order valence-corrected chi connectivity index (χ4v) is 1.54. The molecule has 0 heterocycles. The summed E-state index contributed by atoms with van der Waals surface area (Å²) >= 11 is 0. The Morgan fingerprint density at radius 1 is 0.875 bits per heavy atom. The third-order valence-corrected chi connectivity index (χ3v) is 2.47. The van der Waals surface area contributed by atoms with Crippen LogP contribution in [0.4, 0.5) is 0 Å². The molecule has 0 aliphatic carbocycles. The fourth-order valence-electron chi connectivity index (χ4n) is 1.54. The molecule has 0 saturated carbocycles. The lowest BCUT2D eigenvalue weighted by Crippen LogP contribution is -1.89. The summed E-state index contributed by atoms with van der Waals surface area (Å²) in [6.45, 7) is 3.92. The molecule has 0 radical (unpaired) electrons. The van der Waals surface area contributed by atoms with Crippen LogP contribution in [-0.2, 0) is 0 Å². The lowest BCUT2D eigenvalue weighted by molar-refractivity contribution is 0.460. The van der Waals surface area contributed by atoms with Gasteiger partial charge in [0, 0.05) is 0 Å². The van der Waals surface area contributed by atoms with E-state index < -0.39 is 0 Å². The van der Waals surface area contributed by atoms with Crippen LogP contribution in [0.3, 0.4) is 0 Å². The van der Waals surface area contributed by atoms with Gasteiger partial charge in [-0.15, -0.1) is 0 Å². The Hall–Kier alpha value is -1.96. The number of para-hydroxylation sites is 1. The molecule has 0 fully saturated rings. The van der Waals surface area contributed by atoms with E-state index in [-0.39, 0.29) is 5.75 Å². The number of rotatable bonds is 2. The first-order chi connectivity index (χ1) is 7.66. The molecule has 0 amide bonds. The molecule has 0 spiro atoms. The highest BCUT2D eigenvalue weighted by molar-refractivity contribution is 5.43. The number of aryl methyl sites for hydroxylation is 2. The Kier molecular flexibility index (Phi) is 2.82. The fraction of sp³-hybridized carbons (Fsp3) is 0.143. The van der Waals surface area contributed by atoms with Crippen molar-refractivity contribution in [3.8, 4) is 17.2 Å². The van der Waals surface area contributed by atoms with Gasteiger partial charge in [0.15, 0.2) is 0 Å². The third-order valence-electron chi connectivity index (χ3n) is 2.47. The minimum atomic E-state index is 0.259. The molecular formula is C14H14O2. The minimum absolute atomic E-state index is 0.259. The standard InChI is InChI=1S/C14H14O2/c1-10-5-3-4-6-13(10)16-14-8-7-12(15)9-11(14)2/h3-9,15H,1-2H3. The number of phenolic OH excluding ortho intramolecular Hbond substituents is 1. The quantitative estimate of drug-likeness (QED) is 0.823. The lowest BCUT2D eigenvalue weighted by atomic mass is 10.2. The van der Waals surface area contributed by atoms with Gasteiger partial charge in [-0.1, -0.05) is 18.2 Å². The van der Waals surface area contributed by atoms with Crippen LogP contribution in [0.1, 0.15) is 11.1 Å². The molecule has 0 aromatic heterocycles. The van der Waals surface area contributed by atoms with Gasteiger partial charge in [0.1, 0.15) is 17.2 Å². The number of hydrogen-bond donors (Lipinski definition) is 1. The molecule has 0 aliphatic heterocycles. The van der Waals surface area contributed by atoms with E-state index in [2.05, 4.69) is 0 Å². The molecule has 0 bridgehead atoms. The van der Waals surface area contributed by atoms with E-state index in [0.29, 0.717) is 0 Å². The average Bonchev–Trinajstić information content (AvgIpc) is 2.25. The Morgan fingerprint density at radius 3 is 2.25 bits per heavy atom. The van der Waals surface area contributed by atoms with Crippen molar-refractivity contribution in [2.75, 3.05) is 0 Å². The van der Waals surface area contributed by atoms with Crippen LogP contribution in [0.2, 0.25) is 0 Å². The Morgan fingerprint density at radius 2 is 1.56 bits per heavy atom. The second kappa shape index (κ2) is 4.27. The van der Waals surface area contributed by atoms with Crippen LogP contribution in [0.5, 0.6) is 17.2 Å². The topological polar surface area (TPSA) is 29.5 Å². The second-order valence-corrected chi connectivity index (χ2v) is 3.82. The first-order valence-electron chi connectivity index (χ1n) is 5.20. The zero-order valence-corrected chi connectivity index (χ0v) is 9.40. The number of hydrogen-bond acceptors (Lipinski definition) is 2. The van der Waals surface area contributed by atoms with Crippen molar-refractivity contribution in [3.63, 3.8) is 0 Å². The minimum Gasteiger partial charge on any atom is -0.508 e. The first-order valence-corrected chi connectivity index (χ1v) is 5.20. The van der Waals surface area contributed by atoms with E-state index in [1.165, 1.54) is 0 Å². The molecule has 2 aromatic rings. The summed E-state index contributed by atoms with van der Waals surface area (Å²) < 4.78 is 5.78. The summed E-state index contributed by atoms with van der Waals surface area (Å²) in [6.07, 6.45) is 0. The van der Waals surface area contributed by atoms with E-state index in [1.807, 2.05) is 38.1 Å². The van der Waals surface area contributed by atoms with Crippen LogP contribution < -0.4 is 4.74 Å². The summed E-state index contributed by atoms with van der Waals surface area (Å²) in [5.41, 5.74) is 2.01. The number of ether oxygens (including phenoxy) is 1. The molecule has 16 heavy (non-hydrogen) atoms. The highest BCUT2D eigenvalue weighted by Crippen LogP contribution is 2.29. The molecule has 82 valence electrons. The molecular weight excluding hydrogens is 200 g/mol. The van der Waals surface area contributed by atoms with Crippen LogP contribution in [0.25, 0.3) is 0 Å². The molecule has 1 N–H and O–H groups in total.